The standard InChI is InChI=1S/C14H16BrNO3/c15-11-7-3-1-5-9(11)13(17)16-12-8-4-2-6-10(12)14(18)19/h1,3,5,7,10,12H,2,4,6,8H2,(H,16,17)(H,18,19). The number of carbonyl (C=O) groups is 2. The van der Waals surface area contributed by atoms with Crippen molar-refractivity contribution in [1.82, 2.24) is 5.32 Å². The molecule has 1 amide bonds. The second-order valence-electron chi connectivity index (χ2n) is 4.79. The average molecular weight is 326 g/mol. The molecule has 1 saturated carbocycles. The maximum atomic E-state index is 12.2. The van der Waals surface area contributed by atoms with E-state index in [2.05, 4.69) is 21.2 Å². The molecule has 0 aromatic heterocycles. The lowest BCUT2D eigenvalue weighted by Crippen LogP contribution is -2.45. The largest absolute Gasteiger partial charge is 0.481 e. The van der Waals surface area contributed by atoms with Gasteiger partial charge in [-0.25, -0.2) is 0 Å². The number of carbonyl (C=O) groups excluding carboxylic acids is 1. The molecule has 1 aromatic rings. The van der Waals surface area contributed by atoms with Crippen molar-refractivity contribution in [2.24, 2.45) is 5.92 Å². The number of carboxylic acids is 1. The van der Waals surface area contributed by atoms with Crippen LogP contribution in [0.1, 0.15) is 36.0 Å². The van der Waals surface area contributed by atoms with E-state index in [1.54, 1.807) is 18.2 Å². The van der Waals surface area contributed by atoms with Gasteiger partial charge in [0.15, 0.2) is 0 Å². The van der Waals surface area contributed by atoms with E-state index in [0.717, 1.165) is 23.7 Å². The van der Waals surface area contributed by atoms with Gasteiger partial charge in [0.1, 0.15) is 0 Å². The zero-order valence-electron chi connectivity index (χ0n) is 10.4. The first kappa shape index (κ1) is 14.1. The highest BCUT2D eigenvalue weighted by atomic mass is 79.9. The molecule has 1 fully saturated rings. The van der Waals surface area contributed by atoms with Crippen molar-refractivity contribution < 1.29 is 14.7 Å². The van der Waals surface area contributed by atoms with Gasteiger partial charge in [-0.15, -0.1) is 0 Å². The Morgan fingerprint density at radius 2 is 1.89 bits per heavy atom. The summed E-state index contributed by atoms with van der Waals surface area (Å²) >= 11 is 3.33. The molecule has 2 N–H and O–H groups in total. The lowest BCUT2D eigenvalue weighted by Gasteiger charge is -2.29. The molecule has 19 heavy (non-hydrogen) atoms. The van der Waals surface area contributed by atoms with Gasteiger partial charge in [-0.1, -0.05) is 25.0 Å². The van der Waals surface area contributed by atoms with Gasteiger partial charge < -0.3 is 10.4 Å². The molecule has 4 nitrogen and oxygen atoms in total. The number of hydrogen-bond donors (Lipinski definition) is 2. The normalized spacial score (nSPS) is 22.8. The van der Waals surface area contributed by atoms with Crippen LogP contribution in [0.2, 0.25) is 0 Å². The summed E-state index contributed by atoms with van der Waals surface area (Å²) in [6.45, 7) is 0. The molecule has 1 aliphatic rings. The van der Waals surface area contributed by atoms with Crippen LogP contribution in [0.4, 0.5) is 0 Å². The third-order valence-electron chi connectivity index (χ3n) is 3.52. The predicted molar refractivity (Wildman–Crippen MR) is 75.0 cm³/mol. The number of hydrogen-bond acceptors (Lipinski definition) is 2. The van der Waals surface area contributed by atoms with Gasteiger partial charge in [0, 0.05) is 10.5 Å². The first-order valence-electron chi connectivity index (χ1n) is 6.38. The van der Waals surface area contributed by atoms with Crippen LogP contribution in [0.25, 0.3) is 0 Å². The second-order valence-corrected chi connectivity index (χ2v) is 5.64. The summed E-state index contributed by atoms with van der Waals surface area (Å²) in [6, 6.07) is 6.87. The molecule has 2 unspecified atom stereocenters. The van der Waals surface area contributed by atoms with Crippen LogP contribution < -0.4 is 5.32 Å². The van der Waals surface area contributed by atoms with Crippen LogP contribution in [-0.4, -0.2) is 23.0 Å². The monoisotopic (exact) mass is 325 g/mol. The molecule has 0 saturated heterocycles. The van der Waals surface area contributed by atoms with Gasteiger partial charge in [0.05, 0.1) is 11.5 Å². The fraction of sp³-hybridized carbons (Fsp3) is 0.429. The Labute approximate surface area is 120 Å². The molecule has 0 bridgehead atoms. The molecule has 102 valence electrons. The molecule has 0 heterocycles. The van der Waals surface area contributed by atoms with E-state index in [1.807, 2.05) is 6.07 Å². The number of aliphatic carboxylic acids is 1. The summed E-state index contributed by atoms with van der Waals surface area (Å²) in [7, 11) is 0. The van der Waals surface area contributed by atoms with Crippen molar-refractivity contribution in [3.63, 3.8) is 0 Å². The van der Waals surface area contributed by atoms with Gasteiger partial charge in [-0.3, -0.25) is 9.59 Å². The Hall–Kier alpha value is -1.36. The fourth-order valence-electron chi connectivity index (χ4n) is 2.49. The number of rotatable bonds is 3. The Morgan fingerprint density at radius 1 is 1.21 bits per heavy atom. The van der Waals surface area contributed by atoms with E-state index in [0.29, 0.717) is 12.0 Å². The molecule has 0 aliphatic heterocycles. The third kappa shape index (κ3) is 3.35. The SMILES string of the molecule is O=C(NC1CCCCC1C(=O)O)c1ccccc1Br. The maximum Gasteiger partial charge on any atom is 0.308 e. The quantitative estimate of drug-likeness (QED) is 0.898. The lowest BCUT2D eigenvalue weighted by atomic mass is 9.84. The Kier molecular flexibility index (Phi) is 4.58. The first-order valence-corrected chi connectivity index (χ1v) is 7.17. The fourth-order valence-corrected chi connectivity index (χ4v) is 2.96. The first-order chi connectivity index (χ1) is 9.09. The summed E-state index contributed by atoms with van der Waals surface area (Å²) in [6.07, 6.45) is 3.24. The lowest BCUT2D eigenvalue weighted by molar-refractivity contribution is -0.143. The average Bonchev–Trinajstić information content (AvgIpc) is 2.39. The van der Waals surface area contributed by atoms with Gasteiger partial charge in [-0.05, 0) is 40.9 Å². The van der Waals surface area contributed by atoms with Gasteiger partial charge in [-0.2, -0.15) is 0 Å². The van der Waals surface area contributed by atoms with Crippen LogP contribution in [0, 0.1) is 5.92 Å². The highest BCUT2D eigenvalue weighted by Gasteiger charge is 2.32. The van der Waals surface area contributed by atoms with Gasteiger partial charge in [0.25, 0.3) is 5.91 Å². The minimum atomic E-state index is -0.822. The van der Waals surface area contributed by atoms with Crippen LogP contribution in [0.3, 0.4) is 0 Å². The van der Waals surface area contributed by atoms with Crippen molar-refractivity contribution in [3.05, 3.63) is 34.3 Å². The number of carboxylic acid groups (broad SMARTS) is 1. The number of benzene rings is 1. The number of halogens is 1. The Bertz CT molecular complexity index is 489. The van der Waals surface area contributed by atoms with Crippen molar-refractivity contribution in [2.75, 3.05) is 0 Å². The van der Waals surface area contributed by atoms with Crippen molar-refractivity contribution in [3.8, 4) is 0 Å². The molecule has 2 rings (SSSR count). The predicted octanol–water partition coefficient (Wildman–Crippen LogP) is 2.82. The highest BCUT2D eigenvalue weighted by molar-refractivity contribution is 9.10. The van der Waals surface area contributed by atoms with Crippen LogP contribution >= 0.6 is 15.9 Å². The molecule has 1 aromatic carbocycles. The van der Waals surface area contributed by atoms with Crippen molar-refractivity contribution >= 4 is 27.8 Å². The summed E-state index contributed by atoms with van der Waals surface area (Å²) in [4.78, 5) is 23.4. The molecule has 0 spiro atoms. The van der Waals surface area contributed by atoms with Gasteiger partial charge >= 0.3 is 5.97 Å². The number of amides is 1. The molecular weight excluding hydrogens is 310 g/mol. The molecule has 0 radical (unpaired) electrons. The Balaban J connectivity index is 2.09. The molecule has 2 atom stereocenters. The molecule has 1 aliphatic carbocycles. The third-order valence-corrected chi connectivity index (χ3v) is 4.21. The van der Waals surface area contributed by atoms with Crippen LogP contribution in [-0.2, 0) is 4.79 Å². The number of nitrogens with one attached hydrogen (secondary N) is 1. The van der Waals surface area contributed by atoms with E-state index in [1.165, 1.54) is 0 Å². The van der Waals surface area contributed by atoms with E-state index >= 15 is 0 Å². The topological polar surface area (TPSA) is 66.4 Å². The minimum absolute atomic E-state index is 0.217. The van der Waals surface area contributed by atoms with Crippen molar-refractivity contribution in [2.45, 2.75) is 31.7 Å². The highest BCUT2D eigenvalue weighted by Crippen LogP contribution is 2.25. The van der Waals surface area contributed by atoms with E-state index in [-0.39, 0.29) is 11.9 Å². The maximum absolute atomic E-state index is 12.2. The van der Waals surface area contributed by atoms with E-state index in [9.17, 15) is 14.7 Å². The summed E-state index contributed by atoms with van der Waals surface area (Å²) in [5, 5.41) is 12.0. The van der Waals surface area contributed by atoms with E-state index in [4.69, 9.17) is 0 Å². The van der Waals surface area contributed by atoms with Crippen LogP contribution in [0.15, 0.2) is 28.7 Å². The van der Waals surface area contributed by atoms with Crippen molar-refractivity contribution in [1.29, 1.82) is 0 Å². The Morgan fingerprint density at radius 3 is 2.58 bits per heavy atom. The summed E-state index contributed by atoms with van der Waals surface area (Å²) in [5.74, 6) is -1.51. The minimum Gasteiger partial charge on any atom is -0.481 e. The zero-order valence-corrected chi connectivity index (χ0v) is 12.0. The van der Waals surface area contributed by atoms with Gasteiger partial charge in [0.2, 0.25) is 0 Å². The van der Waals surface area contributed by atoms with Crippen LogP contribution in [0.5, 0.6) is 0 Å². The van der Waals surface area contributed by atoms with E-state index < -0.39 is 11.9 Å². The zero-order chi connectivity index (χ0) is 13.8. The summed E-state index contributed by atoms with van der Waals surface area (Å²) in [5.41, 5.74) is 0.539. The molecular formula is C14H16BrNO3. The second kappa shape index (κ2) is 6.19. The summed E-state index contributed by atoms with van der Waals surface area (Å²) < 4.78 is 0.718. The molecule has 5 heteroatoms. The smallest absolute Gasteiger partial charge is 0.308 e.